The highest BCUT2D eigenvalue weighted by atomic mass is 79.9. The first kappa shape index (κ1) is 17.3. The minimum atomic E-state index is -0.451. The number of carbonyl (C=O) groups excluding carboxylic acids is 1. The molecular formula is C15H21BrClN3O2. The molecule has 1 saturated heterocycles. The number of rotatable bonds is 2. The van der Waals surface area contributed by atoms with Gasteiger partial charge in [0.25, 0.3) is 0 Å². The number of halogens is 2. The van der Waals surface area contributed by atoms with Crippen molar-refractivity contribution in [1.82, 2.24) is 9.88 Å². The van der Waals surface area contributed by atoms with E-state index in [0.29, 0.717) is 24.3 Å². The zero-order chi connectivity index (χ0) is 16.3. The van der Waals surface area contributed by atoms with E-state index in [9.17, 15) is 4.79 Å². The highest BCUT2D eigenvalue weighted by Gasteiger charge is 2.26. The molecule has 1 fully saturated rings. The van der Waals surface area contributed by atoms with Gasteiger partial charge in [-0.3, -0.25) is 0 Å². The molecule has 0 bridgehead atoms. The second-order valence-electron chi connectivity index (χ2n) is 6.38. The van der Waals surface area contributed by atoms with E-state index in [4.69, 9.17) is 16.3 Å². The Bertz CT molecular complexity index is 540. The van der Waals surface area contributed by atoms with E-state index in [1.54, 1.807) is 11.1 Å². The minimum absolute atomic E-state index is 0.234. The van der Waals surface area contributed by atoms with Crippen molar-refractivity contribution in [3.05, 3.63) is 21.9 Å². The standard InChI is InChI=1S/C15H21BrClN3O2/c1-15(2,3)22-14(21)20-6-4-10(5-7-20)19-11-8-12(16)13(17)18-9-11/h8-10,19H,4-7H2,1-3H3. The fourth-order valence-corrected chi connectivity index (χ4v) is 2.72. The molecule has 1 aliphatic rings. The largest absolute Gasteiger partial charge is 0.444 e. The molecule has 0 unspecified atom stereocenters. The van der Waals surface area contributed by atoms with Crippen LogP contribution in [0.1, 0.15) is 33.6 Å². The van der Waals surface area contributed by atoms with Crippen LogP contribution in [-0.4, -0.2) is 40.7 Å². The second kappa shape index (κ2) is 7.04. The van der Waals surface area contributed by atoms with Crippen molar-refractivity contribution in [2.75, 3.05) is 18.4 Å². The normalized spacial score (nSPS) is 16.5. The maximum absolute atomic E-state index is 12.0. The van der Waals surface area contributed by atoms with Gasteiger partial charge in [-0.05, 0) is 55.6 Å². The second-order valence-corrected chi connectivity index (χ2v) is 7.59. The topological polar surface area (TPSA) is 54.5 Å². The fourth-order valence-electron chi connectivity index (χ4n) is 2.27. The van der Waals surface area contributed by atoms with Gasteiger partial charge in [-0.1, -0.05) is 11.6 Å². The van der Waals surface area contributed by atoms with E-state index in [2.05, 4.69) is 26.2 Å². The maximum atomic E-state index is 12.0. The molecule has 1 aromatic rings. The summed E-state index contributed by atoms with van der Waals surface area (Å²) in [5, 5.41) is 3.88. The number of amides is 1. The molecule has 0 aliphatic carbocycles. The zero-order valence-electron chi connectivity index (χ0n) is 13.0. The van der Waals surface area contributed by atoms with E-state index in [1.807, 2.05) is 26.8 Å². The van der Waals surface area contributed by atoms with Crippen LogP contribution in [0.15, 0.2) is 16.7 Å². The molecule has 0 radical (unpaired) electrons. The summed E-state index contributed by atoms with van der Waals surface area (Å²) in [6.45, 7) is 7.02. The molecule has 2 rings (SSSR count). The van der Waals surface area contributed by atoms with Crippen molar-refractivity contribution in [2.24, 2.45) is 0 Å². The van der Waals surface area contributed by atoms with Gasteiger partial charge in [0.15, 0.2) is 0 Å². The summed E-state index contributed by atoms with van der Waals surface area (Å²) in [5.41, 5.74) is 0.472. The van der Waals surface area contributed by atoms with Crippen LogP contribution < -0.4 is 5.32 Å². The molecule has 1 aliphatic heterocycles. The van der Waals surface area contributed by atoms with Gasteiger partial charge in [0.05, 0.1) is 16.4 Å². The third kappa shape index (κ3) is 5.02. The quantitative estimate of drug-likeness (QED) is 0.765. The van der Waals surface area contributed by atoms with Gasteiger partial charge in [-0.15, -0.1) is 0 Å². The summed E-state index contributed by atoms with van der Waals surface area (Å²) in [5.74, 6) is 0. The summed E-state index contributed by atoms with van der Waals surface area (Å²) in [4.78, 5) is 17.9. The Hall–Kier alpha value is -1.01. The van der Waals surface area contributed by atoms with E-state index in [-0.39, 0.29) is 6.09 Å². The van der Waals surface area contributed by atoms with Gasteiger partial charge in [-0.2, -0.15) is 0 Å². The van der Waals surface area contributed by atoms with Crippen molar-refractivity contribution in [3.8, 4) is 0 Å². The van der Waals surface area contributed by atoms with Crippen LogP contribution in [0.2, 0.25) is 5.15 Å². The summed E-state index contributed by atoms with van der Waals surface area (Å²) >= 11 is 9.25. The van der Waals surface area contributed by atoms with Crippen LogP contribution >= 0.6 is 27.5 Å². The predicted molar refractivity (Wildman–Crippen MR) is 91.4 cm³/mol. The van der Waals surface area contributed by atoms with Gasteiger partial charge in [-0.25, -0.2) is 9.78 Å². The van der Waals surface area contributed by atoms with Crippen molar-refractivity contribution in [2.45, 2.75) is 45.3 Å². The maximum Gasteiger partial charge on any atom is 0.410 e. The molecule has 0 aromatic carbocycles. The van der Waals surface area contributed by atoms with Crippen LogP contribution in [0.4, 0.5) is 10.5 Å². The van der Waals surface area contributed by atoms with Gasteiger partial charge < -0.3 is 15.0 Å². The number of piperidine rings is 1. The van der Waals surface area contributed by atoms with Crippen LogP contribution in [0.3, 0.4) is 0 Å². The number of carbonyl (C=O) groups is 1. The lowest BCUT2D eigenvalue weighted by Gasteiger charge is -2.34. The van der Waals surface area contributed by atoms with E-state index in [1.165, 1.54) is 0 Å². The smallest absolute Gasteiger partial charge is 0.410 e. The van der Waals surface area contributed by atoms with E-state index >= 15 is 0 Å². The fraction of sp³-hybridized carbons (Fsp3) is 0.600. The molecule has 0 atom stereocenters. The molecular weight excluding hydrogens is 370 g/mol. The predicted octanol–water partition coefficient (Wildman–Crippen LogP) is 4.31. The Morgan fingerprint density at radius 1 is 1.45 bits per heavy atom. The summed E-state index contributed by atoms with van der Waals surface area (Å²) < 4.78 is 6.16. The molecule has 0 spiro atoms. The highest BCUT2D eigenvalue weighted by Crippen LogP contribution is 2.25. The summed E-state index contributed by atoms with van der Waals surface area (Å²) in [6, 6.07) is 2.23. The Morgan fingerprint density at radius 2 is 2.09 bits per heavy atom. The Balaban J connectivity index is 1.84. The number of hydrogen-bond acceptors (Lipinski definition) is 4. The molecule has 0 saturated carbocycles. The number of anilines is 1. The Morgan fingerprint density at radius 3 is 2.64 bits per heavy atom. The molecule has 5 nitrogen and oxygen atoms in total. The molecule has 2 heterocycles. The third-order valence-corrected chi connectivity index (χ3v) is 4.45. The Labute approximate surface area is 144 Å². The average molecular weight is 391 g/mol. The van der Waals surface area contributed by atoms with Crippen LogP contribution in [0.25, 0.3) is 0 Å². The SMILES string of the molecule is CC(C)(C)OC(=O)N1CCC(Nc2cnc(Cl)c(Br)c2)CC1. The number of likely N-dealkylation sites (tertiary alicyclic amines) is 1. The monoisotopic (exact) mass is 389 g/mol. The first-order valence-corrected chi connectivity index (χ1v) is 8.47. The van der Waals surface area contributed by atoms with Crippen LogP contribution in [-0.2, 0) is 4.74 Å². The summed E-state index contributed by atoms with van der Waals surface area (Å²) in [6.07, 6.45) is 3.23. The van der Waals surface area contributed by atoms with E-state index in [0.717, 1.165) is 23.0 Å². The molecule has 1 aromatic heterocycles. The molecule has 1 N–H and O–H groups in total. The number of nitrogens with zero attached hydrogens (tertiary/aromatic N) is 2. The number of hydrogen-bond donors (Lipinski definition) is 1. The number of nitrogens with one attached hydrogen (secondary N) is 1. The number of ether oxygens (including phenoxy) is 1. The highest BCUT2D eigenvalue weighted by molar-refractivity contribution is 9.10. The van der Waals surface area contributed by atoms with Crippen LogP contribution in [0.5, 0.6) is 0 Å². The zero-order valence-corrected chi connectivity index (χ0v) is 15.4. The number of pyridine rings is 1. The van der Waals surface area contributed by atoms with Crippen molar-refractivity contribution >= 4 is 39.3 Å². The molecule has 1 amide bonds. The third-order valence-electron chi connectivity index (χ3n) is 3.31. The van der Waals surface area contributed by atoms with Crippen molar-refractivity contribution in [3.63, 3.8) is 0 Å². The van der Waals surface area contributed by atoms with E-state index < -0.39 is 5.60 Å². The Kier molecular flexibility index (Phi) is 5.55. The first-order chi connectivity index (χ1) is 10.2. The lowest BCUT2D eigenvalue weighted by Crippen LogP contribution is -2.44. The van der Waals surface area contributed by atoms with Gasteiger partial charge in [0.2, 0.25) is 0 Å². The first-order valence-electron chi connectivity index (χ1n) is 7.30. The van der Waals surface area contributed by atoms with Gasteiger partial charge in [0.1, 0.15) is 10.8 Å². The molecule has 22 heavy (non-hydrogen) atoms. The molecule has 7 heteroatoms. The molecule has 122 valence electrons. The van der Waals surface area contributed by atoms with Crippen LogP contribution in [0, 0.1) is 0 Å². The van der Waals surface area contributed by atoms with Gasteiger partial charge >= 0.3 is 6.09 Å². The van der Waals surface area contributed by atoms with Gasteiger partial charge in [0, 0.05) is 19.1 Å². The lowest BCUT2D eigenvalue weighted by atomic mass is 10.1. The van der Waals surface area contributed by atoms with Crippen molar-refractivity contribution in [1.29, 1.82) is 0 Å². The minimum Gasteiger partial charge on any atom is -0.444 e. The van der Waals surface area contributed by atoms with Crippen molar-refractivity contribution < 1.29 is 9.53 Å². The summed E-state index contributed by atoms with van der Waals surface area (Å²) in [7, 11) is 0. The average Bonchev–Trinajstić information content (AvgIpc) is 2.42. The number of aromatic nitrogens is 1. The lowest BCUT2D eigenvalue weighted by molar-refractivity contribution is 0.0210.